The number of rotatable bonds is 30. The Morgan fingerprint density at radius 1 is 0.474 bits per heavy atom. The standard InChI is InChI=1S/C58H64O11.2C4H9.Sn/c1-58(2)67-41-51(69-58)55(64-37-45-27-15-6-16-28-45)56(65-38-46-29-17-7-18-30-46)52(60)48(59)33-49-53(62-35-43-23-11-4-12-24-43)57(66-39-47-31-19-8-20-32-47)54(63-36-44-25-13-5-14-26-44)50(68-49)40-61-34-42-21-9-3-10-22-42;2*1-3-4-2;/h3-32,48-57H,33-41H2,1-2H3;2*1,3-4H2,2H3;/q-2;;;+2/t48-,49+,50+,51+,52+,53-,54+,55+,56+,57+;;;/m0.../s1. The molecule has 0 aliphatic carbocycles. The number of ether oxygens (including phenoxy) is 9. The molecule has 416 valence electrons. The Kier molecular flexibility index (Phi) is 22.4. The van der Waals surface area contributed by atoms with E-state index in [0.29, 0.717) is 52.7 Å². The molecule has 3 fully saturated rings. The Bertz CT molecular complexity index is 2570. The quantitative estimate of drug-likeness (QED) is 0.0403. The summed E-state index contributed by atoms with van der Waals surface area (Å²) in [5, 5.41) is 0. The van der Waals surface area contributed by atoms with Crippen molar-refractivity contribution in [3.63, 3.8) is 0 Å². The second-order valence-corrected chi connectivity index (χ2v) is 30.9. The van der Waals surface area contributed by atoms with Gasteiger partial charge in [0.15, 0.2) is 0 Å². The summed E-state index contributed by atoms with van der Waals surface area (Å²) in [7, 11) is 0. The van der Waals surface area contributed by atoms with Crippen molar-refractivity contribution >= 4 is 19.2 Å². The summed E-state index contributed by atoms with van der Waals surface area (Å²) in [6.45, 7) is 11.1. The second kappa shape index (κ2) is 29.9. The van der Waals surface area contributed by atoms with Gasteiger partial charge in [0, 0.05) is 0 Å². The maximum absolute atomic E-state index is 7.86. The third kappa shape index (κ3) is 16.9. The van der Waals surface area contributed by atoms with E-state index in [-0.39, 0.29) is 6.61 Å². The molecule has 3 heterocycles. The van der Waals surface area contributed by atoms with Crippen molar-refractivity contribution in [2.45, 2.75) is 175 Å². The zero-order valence-electron chi connectivity index (χ0n) is 46.2. The average molecular weight is 1170 g/mol. The molecule has 78 heavy (non-hydrogen) atoms. The molecule has 3 saturated heterocycles. The van der Waals surface area contributed by atoms with Crippen molar-refractivity contribution in [3.8, 4) is 0 Å². The topological polar surface area (TPSA) is 102 Å². The van der Waals surface area contributed by atoms with Gasteiger partial charge in [0.05, 0.1) is 0 Å². The second-order valence-electron chi connectivity index (χ2n) is 21.5. The van der Waals surface area contributed by atoms with Gasteiger partial charge in [-0.15, -0.1) is 0 Å². The number of hydrogen-bond acceptors (Lipinski definition) is 11. The van der Waals surface area contributed by atoms with Crippen LogP contribution in [-0.2, 0) is 88.4 Å². The van der Waals surface area contributed by atoms with Gasteiger partial charge in [0.1, 0.15) is 0 Å². The first-order valence-electron chi connectivity index (χ1n) is 28.5. The summed E-state index contributed by atoms with van der Waals surface area (Å²) in [5.74, 6) is -0.828. The van der Waals surface area contributed by atoms with Crippen molar-refractivity contribution in [2.75, 3.05) is 13.2 Å². The predicted molar refractivity (Wildman–Crippen MR) is 304 cm³/mol. The number of hydrogen-bond donors (Lipinski definition) is 0. The monoisotopic (exact) mass is 1170 g/mol. The van der Waals surface area contributed by atoms with Crippen molar-refractivity contribution in [3.05, 3.63) is 215 Å². The van der Waals surface area contributed by atoms with Crippen LogP contribution in [0, 0.1) is 0 Å². The van der Waals surface area contributed by atoms with Crippen molar-refractivity contribution in [2.24, 2.45) is 0 Å². The molecule has 0 unspecified atom stereocenters. The van der Waals surface area contributed by atoms with E-state index in [9.17, 15) is 0 Å². The van der Waals surface area contributed by atoms with Gasteiger partial charge in [-0.1, -0.05) is 12.1 Å². The summed E-state index contributed by atoms with van der Waals surface area (Å²) >= 11 is -3.99. The van der Waals surface area contributed by atoms with E-state index in [1.807, 2.05) is 123 Å². The zero-order chi connectivity index (χ0) is 53.8. The van der Waals surface area contributed by atoms with Crippen LogP contribution in [0.2, 0.25) is 8.87 Å². The molecule has 9 rings (SSSR count). The van der Waals surface area contributed by atoms with Crippen LogP contribution in [-0.4, -0.2) is 99.2 Å². The summed E-state index contributed by atoms with van der Waals surface area (Å²) < 4.78 is 81.0. The van der Waals surface area contributed by atoms with E-state index in [0.717, 1.165) is 67.9 Å². The summed E-state index contributed by atoms with van der Waals surface area (Å²) in [6.07, 6.45) is -1.23. The molecule has 0 bridgehead atoms. The molecule has 3 aliphatic rings. The average Bonchev–Trinajstić information content (AvgIpc) is 4.05. The van der Waals surface area contributed by atoms with Gasteiger partial charge in [-0.25, -0.2) is 0 Å². The van der Waals surface area contributed by atoms with Crippen molar-refractivity contribution < 1.29 is 48.8 Å². The molecule has 0 radical (unpaired) electrons. The Labute approximate surface area is 469 Å². The molecule has 3 aliphatic heterocycles. The molecule has 0 amide bonds. The minimum atomic E-state index is -3.99. The first kappa shape index (κ1) is 58.3. The fraction of sp³-hybridized carbons (Fsp3) is 0.455. The van der Waals surface area contributed by atoms with Crippen LogP contribution in [0.25, 0.3) is 0 Å². The summed E-state index contributed by atoms with van der Waals surface area (Å²) in [6, 6.07) is 61.7. The molecule has 0 spiro atoms. The summed E-state index contributed by atoms with van der Waals surface area (Å²) in [5.41, 5.74) is 6.28. The normalized spacial score (nSPS) is 24.5. The van der Waals surface area contributed by atoms with E-state index >= 15 is 0 Å². The first-order valence-corrected chi connectivity index (χ1v) is 34.9. The van der Waals surface area contributed by atoms with Crippen molar-refractivity contribution in [1.29, 1.82) is 0 Å². The fourth-order valence-corrected chi connectivity index (χ4v) is 22.7. The molecular weight excluding hydrogens is 1090 g/mol. The summed E-state index contributed by atoms with van der Waals surface area (Å²) in [4.78, 5) is 0. The van der Waals surface area contributed by atoms with Crippen LogP contribution in [0.15, 0.2) is 182 Å². The Morgan fingerprint density at radius 3 is 1.32 bits per heavy atom. The van der Waals surface area contributed by atoms with Gasteiger partial charge < -0.3 is 0 Å². The van der Waals surface area contributed by atoms with Gasteiger partial charge in [0.2, 0.25) is 0 Å². The SMILES string of the molecule is CCC[CH2][Sn]1([CH2]CCC)[O][C@@H]([C@@H](OCc2ccccc2)[C@H](OCc2ccccc2)[C@H]2COC(C)(C)O2)[C@H](C[C@H]2O[C@H](COCc3ccccc3)[C@@H](OCc3ccccc3)[C@H](OCc3ccccc3)[C@H]2OCc2ccccc2)[O]1. The molecule has 6 aromatic carbocycles. The Morgan fingerprint density at radius 2 is 0.885 bits per heavy atom. The van der Waals surface area contributed by atoms with Crippen LogP contribution >= 0.6 is 0 Å². The first-order chi connectivity index (χ1) is 38.3. The van der Waals surface area contributed by atoms with E-state index in [4.69, 9.17) is 48.8 Å². The third-order valence-corrected chi connectivity index (χ3v) is 25.4. The van der Waals surface area contributed by atoms with Gasteiger partial charge in [0.25, 0.3) is 0 Å². The molecule has 0 N–H and O–H groups in total. The number of unbranched alkanes of at least 4 members (excludes halogenated alkanes) is 2. The van der Waals surface area contributed by atoms with Gasteiger partial charge in [-0.05, 0) is 0 Å². The van der Waals surface area contributed by atoms with Crippen LogP contribution < -0.4 is 0 Å². The van der Waals surface area contributed by atoms with E-state index in [1.165, 1.54) is 0 Å². The molecule has 11 nitrogen and oxygen atoms in total. The molecule has 10 atom stereocenters. The van der Waals surface area contributed by atoms with Crippen molar-refractivity contribution in [1.82, 2.24) is 0 Å². The maximum atomic E-state index is 7.86. The molecule has 6 aromatic rings. The zero-order valence-corrected chi connectivity index (χ0v) is 49.0. The van der Waals surface area contributed by atoms with Crippen LogP contribution in [0.3, 0.4) is 0 Å². The van der Waals surface area contributed by atoms with Crippen LogP contribution in [0.4, 0.5) is 0 Å². The van der Waals surface area contributed by atoms with E-state index < -0.39 is 86.0 Å². The minimum absolute atomic E-state index is 0.246. The van der Waals surface area contributed by atoms with Crippen LogP contribution in [0.5, 0.6) is 0 Å². The molecule has 0 saturated carbocycles. The molecule has 0 aromatic heterocycles. The molecular formula is C66H82O11Sn. The van der Waals surface area contributed by atoms with Gasteiger partial charge in [-0.2, -0.15) is 0 Å². The Hall–Kier alpha value is -4.32. The van der Waals surface area contributed by atoms with Crippen LogP contribution in [0.1, 0.15) is 93.2 Å². The fourth-order valence-electron chi connectivity index (χ4n) is 10.9. The van der Waals surface area contributed by atoms with E-state index in [1.54, 1.807) is 0 Å². The van der Waals surface area contributed by atoms with Gasteiger partial charge >= 0.3 is 460 Å². The number of benzene rings is 6. The molecule has 12 heteroatoms. The van der Waals surface area contributed by atoms with Gasteiger partial charge in [-0.3, -0.25) is 0 Å². The van der Waals surface area contributed by atoms with E-state index in [2.05, 4.69) is 86.6 Å². The predicted octanol–water partition coefficient (Wildman–Crippen LogP) is 13.3. The third-order valence-electron chi connectivity index (χ3n) is 15.0. The Balaban J connectivity index is 1.14.